The number of carbonyl (C=O) groups excluding carboxylic acids is 1. The summed E-state index contributed by atoms with van der Waals surface area (Å²) >= 11 is 0. The first-order valence-corrected chi connectivity index (χ1v) is 9.13. The van der Waals surface area contributed by atoms with Gasteiger partial charge in [0.15, 0.2) is 0 Å². The van der Waals surface area contributed by atoms with E-state index in [-0.39, 0.29) is 17.4 Å². The molecule has 0 bridgehead atoms. The van der Waals surface area contributed by atoms with Gasteiger partial charge in [-0.2, -0.15) is 0 Å². The summed E-state index contributed by atoms with van der Waals surface area (Å²) in [5.74, 6) is 0.102. The summed E-state index contributed by atoms with van der Waals surface area (Å²) in [4.78, 5) is 12.3. The number of hydrogen-bond acceptors (Lipinski definition) is 1. The number of carbonyl (C=O) groups is 1. The molecule has 0 aliphatic heterocycles. The number of rotatable bonds is 5. The monoisotopic (exact) mass is 337 g/mol. The molecular weight excluding hydrogens is 306 g/mol. The van der Waals surface area contributed by atoms with Crippen LogP contribution in [0.5, 0.6) is 0 Å². The minimum atomic E-state index is 0.0290. The van der Waals surface area contributed by atoms with Crippen molar-refractivity contribution in [1.82, 2.24) is 5.32 Å². The Morgan fingerprint density at radius 3 is 2.20 bits per heavy atom. The fraction of sp³-hybridized carbons (Fsp3) is 0.435. The fourth-order valence-electron chi connectivity index (χ4n) is 2.89. The summed E-state index contributed by atoms with van der Waals surface area (Å²) in [7, 11) is 0. The van der Waals surface area contributed by atoms with Gasteiger partial charge in [0.05, 0.1) is 6.04 Å². The molecule has 1 atom stereocenters. The van der Waals surface area contributed by atoms with Gasteiger partial charge in [0.2, 0.25) is 5.91 Å². The number of amides is 1. The lowest BCUT2D eigenvalue weighted by atomic mass is 9.86. The first kappa shape index (κ1) is 19.2. The second-order valence-electron chi connectivity index (χ2n) is 8.08. The highest BCUT2D eigenvalue weighted by molar-refractivity contribution is 5.76. The summed E-state index contributed by atoms with van der Waals surface area (Å²) in [5.41, 5.74) is 6.40. The van der Waals surface area contributed by atoms with Gasteiger partial charge < -0.3 is 5.32 Å². The largest absolute Gasteiger partial charge is 0.350 e. The Hall–Kier alpha value is -2.09. The summed E-state index contributed by atoms with van der Waals surface area (Å²) in [6, 6.07) is 15.0. The van der Waals surface area contributed by atoms with E-state index in [0.717, 1.165) is 12.0 Å². The minimum Gasteiger partial charge on any atom is -0.350 e. The van der Waals surface area contributed by atoms with E-state index < -0.39 is 0 Å². The molecule has 0 aliphatic rings. The van der Waals surface area contributed by atoms with Crippen molar-refractivity contribution in [2.45, 2.75) is 65.8 Å². The lowest BCUT2D eigenvalue weighted by molar-refractivity contribution is -0.121. The molecule has 25 heavy (non-hydrogen) atoms. The van der Waals surface area contributed by atoms with E-state index in [1.165, 1.54) is 22.3 Å². The van der Waals surface area contributed by atoms with Crippen molar-refractivity contribution in [1.29, 1.82) is 0 Å². The first-order valence-electron chi connectivity index (χ1n) is 9.13. The van der Waals surface area contributed by atoms with Crippen molar-refractivity contribution >= 4 is 5.91 Å². The normalized spacial score (nSPS) is 12.7. The van der Waals surface area contributed by atoms with Gasteiger partial charge in [-0.25, -0.2) is 0 Å². The van der Waals surface area contributed by atoms with Crippen molar-refractivity contribution < 1.29 is 4.79 Å². The van der Waals surface area contributed by atoms with Gasteiger partial charge in [0, 0.05) is 6.42 Å². The van der Waals surface area contributed by atoms with E-state index in [1.807, 2.05) is 6.92 Å². The molecule has 2 heteroatoms. The zero-order valence-corrected chi connectivity index (χ0v) is 16.4. The van der Waals surface area contributed by atoms with Crippen LogP contribution in [0.1, 0.15) is 68.0 Å². The molecule has 0 radical (unpaired) electrons. The van der Waals surface area contributed by atoms with Gasteiger partial charge in [0.25, 0.3) is 0 Å². The predicted molar refractivity (Wildman–Crippen MR) is 106 cm³/mol. The van der Waals surface area contributed by atoms with Gasteiger partial charge in [-0.1, -0.05) is 63.2 Å². The molecule has 0 saturated carbocycles. The molecule has 0 saturated heterocycles. The summed E-state index contributed by atoms with van der Waals surface area (Å²) < 4.78 is 0. The van der Waals surface area contributed by atoms with Crippen molar-refractivity contribution in [3.63, 3.8) is 0 Å². The number of aryl methyl sites for hydroxylation is 3. The fourth-order valence-corrected chi connectivity index (χ4v) is 2.89. The molecule has 1 N–H and O–H groups in total. The van der Waals surface area contributed by atoms with Crippen LogP contribution >= 0.6 is 0 Å². The number of nitrogens with one attached hydrogen (secondary N) is 1. The lowest BCUT2D eigenvalue weighted by Gasteiger charge is -2.20. The van der Waals surface area contributed by atoms with Crippen molar-refractivity contribution in [3.05, 3.63) is 70.3 Å². The van der Waals surface area contributed by atoms with Gasteiger partial charge in [-0.3, -0.25) is 4.79 Å². The lowest BCUT2D eigenvalue weighted by Crippen LogP contribution is -2.26. The van der Waals surface area contributed by atoms with E-state index >= 15 is 0 Å². The second-order valence-corrected chi connectivity index (χ2v) is 8.08. The van der Waals surface area contributed by atoms with Crippen LogP contribution < -0.4 is 5.32 Å². The van der Waals surface area contributed by atoms with Crippen LogP contribution in [0, 0.1) is 13.8 Å². The molecule has 0 unspecified atom stereocenters. The van der Waals surface area contributed by atoms with Crippen molar-refractivity contribution in [2.75, 3.05) is 0 Å². The highest BCUT2D eigenvalue weighted by Crippen LogP contribution is 2.24. The summed E-state index contributed by atoms with van der Waals surface area (Å²) in [6.45, 7) is 12.9. The molecule has 0 heterocycles. The van der Waals surface area contributed by atoms with Crippen molar-refractivity contribution in [3.8, 4) is 0 Å². The van der Waals surface area contributed by atoms with Crippen LogP contribution in [-0.4, -0.2) is 5.91 Å². The van der Waals surface area contributed by atoms with E-state index in [1.54, 1.807) is 0 Å². The average molecular weight is 338 g/mol. The maximum atomic E-state index is 12.3. The predicted octanol–water partition coefficient (Wildman–Crippen LogP) is 5.41. The zero-order valence-electron chi connectivity index (χ0n) is 16.4. The van der Waals surface area contributed by atoms with E-state index in [9.17, 15) is 4.79 Å². The number of benzene rings is 2. The highest BCUT2D eigenvalue weighted by Gasteiger charge is 2.15. The molecule has 0 aliphatic carbocycles. The first-order chi connectivity index (χ1) is 11.7. The Labute approximate surface area is 152 Å². The van der Waals surface area contributed by atoms with Crippen LogP contribution in [0.3, 0.4) is 0 Å². The molecular formula is C23H31NO. The van der Waals surface area contributed by atoms with Gasteiger partial charge in [0.1, 0.15) is 0 Å². The zero-order chi connectivity index (χ0) is 18.6. The Bertz CT molecular complexity index is 723. The van der Waals surface area contributed by atoms with Crippen LogP contribution in [-0.2, 0) is 16.6 Å². The quantitative estimate of drug-likeness (QED) is 0.776. The molecule has 134 valence electrons. The molecule has 0 aromatic heterocycles. The Kier molecular flexibility index (Phi) is 6.05. The maximum Gasteiger partial charge on any atom is 0.220 e. The van der Waals surface area contributed by atoms with Crippen molar-refractivity contribution in [2.24, 2.45) is 0 Å². The molecule has 2 nitrogen and oxygen atoms in total. The van der Waals surface area contributed by atoms with Crippen LogP contribution in [0.4, 0.5) is 0 Å². The molecule has 1 amide bonds. The van der Waals surface area contributed by atoms with Gasteiger partial charge >= 0.3 is 0 Å². The highest BCUT2D eigenvalue weighted by atomic mass is 16.1. The third kappa shape index (κ3) is 5.45. The molecule has 0 fully saturated rings. The standard InChI is InChI=1S/C23H31NO/c1-16-7-8-19(15-17(16)2)9-14-22(25)24-18(3)20-10-12-21(13-11-20)23(4,5)6/h7-8,10-13,15,18H,9,14H2,1-6H3,(H,24,25)/t18-/m0/s1. The minimum absolute atomic E-state index is 0.0290. The third-order valence-corrected chi connectivity index (χ3v) is 4.87. The second kappa shape index (κ2) is 7.86. The van der Waals surface area contributed by atoms with E-state index in [0.29, 0.717) is 6.42 Å². The SMILES string of the molecule is Cc1ccc(CCC(=O)N[C@@H](C)c2ccc(C(C)(C)C)cc2)cc1C. The topological polar surface area (TPSA) is 29.1 Å². The molecule has 2 aromatic carbocycles. The molecule has 0 spiro atoms. The Morgan fingerprint density at radius 2 is 1.64 bits per heavy atom. The smallest absolute Gasteiger partial charge is 0.220 e. The molecule has 2 aromatic rings. The van der Waals surface area contributed by atoms with Crippen LogP contribution in [0.2, 0.25) is 0 Å². The van der Waals surface area contributed by atoms with Crippen LogP contribution in [0.15, 0.2) is 42.5 Å². The third-order valence-electron chi connectivity index (χ3n) is 4.87. The number of hydrogen-bond donors (Lipinski definition) is 1. The van der Waals surface area contributed by atoms with E-state index in [4.69, 9.17) is 0 Å². The summed E-state index contributed by atoms with van der Waals surface area (Å²) in [5, 5.41) is 3.11. The summed E-state index contributed by atoms with van der Waals surface area (Å²) in [6.07, 6.45) is 1.30. The Morgan fingerprint density at radius 1 is 1.00 bits per heavy atom. The molecule has 2 rings (SSSR count). The maximum absolute atomic E-state index is 12.3. The van der Waals surface area contributed by atoms with Crippen LogP contribution in [0.25, 0.3) is 0 Å². The van der Waals surface area contributed by atoms with E-state index in [2.05, 4.69) is 82.4 Å². The Balaban J connectivity index is 1.90. The van der Waals surface area contributed by atoms with Gasteiger partial charge in [-0.05, 0) is 60.4 Å². The van der Waals surface area contributed by atoms with Gasteiger partial charge in [-0.15, -0.1) is 0 Å². The average Bonchev–Trinajstić information content (AvgIpc) is 2.55.